The highest BCUT2D eigenvalue weighted by Gasteiger charge is 2.40. The van der Waals surface area contributed by atoms with E-state index in [0.29, 0.717) is 23.7 Å². The summed E-state index contributed by atoms with van der Waals surface area (Å²) in [5.41, 5.74) is -0.104. The lowest BCUT2D eigenvalue weighted by Gasteiger charge is -2.43. The molecular formula is C25H29ClF3NO. The summed E-state index contributed by atoms with van der Waals surface area (Å²) in [4.78, 5) is 15.1. The lowest BCUT2D eigenvalue weighted by Crippen LogP contribution is -2.49. The second kappa shape index (κ2) is 8.50. The van der Waals surface area contributed by atoms with Crippen LogP contribution in [-0.2, 0) is 21.8 Å². The Morgan fingerprint density at radius 3 is 2.00 bits per heavy atom. The Hall–Kier alpha value is -2.01. The van der Waals surface area contributed by atoms with Gasteiger partial charge >= 0.3 is 6.18 Å². The van der Waals surface area contributed by atoms with E-state index in [4.69, 9.17) is 11.6 Å². The number of carbonyl (C=O) groups is 1. The topological polar surface area (TPSA) is 20.3 Å². The van der Waals surface area contributed by atoms with Crippen LogP contribution in [0.3, 0.4) is 0 Å². The van der Waals surface area contributed by atoms with Gasteiger partial charge in [-0.2, -0.15) is 13.2 Å². The number of hydrogen-bond donors (Lipinski definition) is 0. The van der Waals surface area contributed by atoms with Crippen LogP contribution in [0.25, 0.3) is 0 Å². The summed E-state index contributed by atoms with van der Waals surface area (Å²) in [6.07, 6.45) is -2.84. The first-order chi connectivity index (χ1) is 14.3. The maximum Gasteiger partial charge on any atom is 0.416 e. The number of rotatable bonds is 4. The molecular weight excluding hydrogens is 423 g/mol. The van der Waals surface area contributed by atoms with Gasteiger partial charge < -0.3 is 4.90 Å². The number of amides is 1. The number of carbonyl (C=O) groups excluding carboxylic acids is 1. The fourth-order valence-corrected chi connectivity index (χ4v) is 4.65. The fraction of sp³-hybridized carbons (Fsp3) is 0.480. The van der Waals surface area contributed by atoms with E-state index >= 15 is 0 Å². The van der Waals surface area contributed by atoms with E-state index in [9.17, 15) is 18.0 Å². The van der Waals surface area contributed by atoms with Gasteiger partial charge in [0.25, 0.3) is 0 Å². The Bertz CT molecular complexity index is 927. The molecule has 0 spiro atoms. The smallest absolute Gasteiger partial charge is 0.342 e. The van der Waals surface area contributed by atoms with Gasteiger partial charge in [-0.15, -0.1) is 0 Å². The van der Waals surface area contributed by atoms with E-state index in [1.165, 1.54) is 12.1 Å². The van der Waals surface area contributed by atoms with Crippen LogP contribution >= 0.6 is 11.6 Å². The molecule has 1 aliphatic rings. The summed E-state index contributed by atoms with van der Waals surface area (Å²) < 4.78 is 39.5. The first kappa shape index (κ1) is 23.6. The number of likely N-dealkylation sites (tertiary alicyclic amines) is 1. The van der Waals surface area contributed by atoms with E-state index in [-0.39, 0.29) is 11.8 Å². The van der Waals surface area contributed by atoms with Gasteiger partial charge in [0.05, 0.1) is 11.0 Å². The van der Waals surface area contributed by atoms with Gasteiger partial charge in [0.2, 0.25) is 5.91 Å². The second-order valence-electron chi connectivity index (χ2n) is 9.50. The highest BCUT2D eigenvalue weighted by Crippen LogP contribution is 2.41. The minimum atomic E-state index is -4.35. The van der Waals surface area contributed by atoms with E-state index in [1.807, 2.05) is 44.7 Å². The Balaban J connectivity index is 1.71. The third kappa shape index (κ3) is 4.92. The first-order valence-electron chi connectivity index (χ1n) is 10.6. The number of nitrogens with zero attached hydrogens (tertiary/aromatic N) is 1. The largest absolute Gasteiger partial charge is 0.416 e. The number of piperidine rings is 1. The van der Waals surface area contributed by atoms with Crippen molar-refractivity contribution in [2.75, 3.05) is 13.1 Å². The standard InChI is InChI=1S/C25H29ClF3NO/c1-23(2,19-6-5-7-20(16-19)25(27,28)29)18-12-14-30(15-13-18)22(31)24(3,4)17-8-10-21(26)11-9-17/h5-11,16,18H,12-15H2,1-4H3. The fourth-order valence-electron chi connectivity index (χ4n) is 4.52. The van der Waals surface area contributed by atoms with E-state index in [2.05, 4.69) is 0 Å². The monoisotopic (exact) mass is 451 g/mol. The average Bonchev–Trinajstić information content (AvgIpc) is 2.73. The predicted octanol–water partition coefficient (Wildman–Crippen LogP) is 6.85. The molecule has 6 heteroatoms. The zero-order valence-electron chi connectivity index (χ0n) is 18.4. The highest BCUT2D eigenvalue weighted by molar-refractivity contribution is 6.30. The van der Waals surface area contributed by atoms with Crippen LogP contribution in [-0.4, -0.2) is 23.9 Å². The molecule has 0 bridgehead atoms. The minimum absolute atomic E-state index is 0.0603. The maximum atomic E-state index is 13.3. The van der Waals surface area contributed by atoms with Crippen LogP contribution in [0.4, 0.5) is 13.2 Å². The van der Waals surface area contributed by atoms with Gasteiger partial charge in [-0.1, -0.05) is 55.8 Å². The first-order valence-corrected chi connectivity index (χ1v) is 10.9. The zero-order valence-corrected chi connectivity index (χ0v) is 19.1. The van der Waals surface area contributed by atoms with E-state index < -0.39 is 22.6 Å². The van der Waals surface area contributed by atoms with Gasteiger partial charge in [-0.3, -0.25) is 4.79 Å². The Morgan fingerprint density at radius 1 is 0.903 bits per heavy atom. The molecule has 0 saturated carbocycles. The van der Waals surface area contributed by atoms with Crippen LogP contribution in [0.1, 0.15) is 57.2 Å². The highest BCUT2D eigenvalue weighted by atomic mass is 35.5. The molecule has 1 saturated heterocycles. The quantitative estimate of drug-likeness (QED) is 0.497. The second-order valence-corrected chi connectivity index (χ2v) is 9.94. The maximum absolute atomic E-state index is 13.3. The van der Waals surface area contributed by atoms with Gasteiger partial charge in [-0.05, 0) is 67.3 Å². The predicted molar refractivity (Wildman–Crippen MR) is 118 cm³/mol. The van der Waals surface area contributed by atoms with Gasteiger partial charge in [0.15, 0.2) is 0 Å². The number of halogens is 4. The molecule has 31 heavy (non-hydrogen) atoms. The Kier molecular flexibility index (Phi) is 6.48. The molecule has 3 rings (SSSR count). The zero-order chi connectivity index (χ0) is 23.0. The van der Waals surface area contributed by atoms with Crippen molar-refractivity contribution in [1.29, 1.82) is 0 Å². The summed E-state index contributed by atoms with van der Waals surface area (Å²) in [7, 11) is 0. The third-order valence-electron chi connectivity index (χ3n) is 6.84. The number of benzene rings is 2. The molecule has 168 valence electrons. The van der Waals surface area contributed by atoms with Crippen molar-refractivity contribution in [1.82, 2.24) is 4.90 Å². The van der Waals surface area contributed by atoms with Gasteiger partial charge in [-0.25, -0.2) is 0 Å². The normalized spacial score (nSPS) is 16.5. The van der Waals surface area contributed by atoms with Crippen molar-refractivity contribution in [3.05, 3.63) is 70.2 Å². The molecule has 2 aromatic rings. The van der Waals surface area contributed by atoms with Crippen molar-refractivity contribution in [3.63, 3.8) is 0 Å². The van der Waals surface area contributed by atoms with Crippen molar-refractivity contribution < 1.29 is 18.0 Å². The lowest BCUT2D eigenvalue weighted by atomic mass is 9.69. The van der Waals surface area contributed by atoms with Crippen molar-refractivity contribution in [2.24, 2.45) is 5.92 Å². The summed E-state index contributed by atoms with van der Waals surface area (Å²) in [5.74, 6) is 0.254. The summed E-state index contributed by atoms with van der Waals surface area (Å²) in [5, 5.41) is 0.629. The van der Waals surface area contributed by atoms with Crippen LogP contribution in [0.5, 0.6) is 0 Å². The van der Waals surface area contributed by atoms with E-state index in [1.54, 1.807) is 18.2 Å². The minimum Gasteiger partial charge on any atom is -0.342 e. The number of hydrogen-bond acceptors (Lipinski definition) is 1. The number of alkyl halides is 3. The molecule has 1 aliphatic heterocycles. The van der Waals surface area contributed by atoms with Crippen LogP contribution in [0.15, 0.2) is 48.5 Å². The summed E-state index contributed by atoms with van der Waals surface area (Å²) in [6.45, 7) is 9.03. The van der Waals surface area contributed by atoms with Crippen LogP contribution < -0.4 is 0 Å². The lowest BCUT2D eigenvalue weighted by molar-refractivity contribution is -0.138. The molecule has 0 N–H and O–H groups in total. The van der Waals surface area contributed by atoms with Crippen molar-refractivity contribution >= 4 is 17.5 Å². The molecule has 0 aromatic heterocycles. The third-order valence-corrected chi connectivity index (χ3v) is 7.09. The molecule has 2 nitrogen and oxygen atoms in total. The van der Waals surface area contributed by atoms with E-state index in [0.717, 1.165) is 24.5 Å². The molecule has 0 unspecified atom stereocenters. The Labute approximate surface area is 187 Å². The van der Waals surface area contributed by atoms with Crippen molar-refractivity contribution in [3.8, 4) is 0 Å². The molecule has 0 radical (unpaired) electrons. The van der Waals surface area contributed by atoms with Crippen molar-refractivity contribution in [2.45, 2.75) is 57.5 Å². The average molecular weight is 452 g/mol. The molecule has 1 fully saturated rings. The van der Waals surface area contributed by atoms with Crippen LogP contribution in [0.2, 0.25) is 5.02 Å². The molecule has 0 atom stereocenters. The molecule has 2 aromatic carbocycles. The molecule has 1 amide bonds. The summed E-state index contributed by atoms with van der Waals surface area (Å²) in [6, 6.07) is 13.0. The summed E-state index contributed by atoms with van der Waals surface area (Å²) >= 11 is 5.98. The molecule has 0 aliphatic carbocycles. The van der Waals surface area contributed by atoms with Crippen LogP contribution in [0, 0.1) is 5.92 Å². The van der Waals surface area contributed by atoms with Gasteiger partial charge in [0.1, 0.15) is 0 Å². The molecule has 1 heterocycles. The van der Waals surface area contributed by atoms with Gasteiger partial charge in [0, 0.05) is 18.1 Å². The SMILES string of the molecule is CC(C)(C(=O)N1CCC(C(C)(C)c2cccc(C(F)(F)F)c2)CC1)c1ccc(Cl)cc1. The Morgan fingerprint density at radius 2 is 1.45 bits per heavy atom.